The van der Waals surface area contributed by atoms with Crippen molar-refractivity contribution in [3.05, 3.63) is 11.8 Å². The van der Waals surface area contributed by atoms with Crippen LogP contribution in [-0.2, 0) is 9.53 Å². The van der Waals surface area contributed by atoms with Gasteiger partial charge in [-0.1, -0.05) is 20.3 Å². The number of amides is 1. The van der Waals surface area contributed by atoms with Crippen molar-refractivity contribution in [2.45, 2.75) is 83.8 Å². The van der Waals surface area contributed by atoms with Gasteiger partial charge >= 0.3 is 0 Å². The Morgan fingerprint density at radius 1 is 1.08 bits per heavy atom. The van der Waals surface area contributed by atoms with Crippen molar-refractivity contribution in [1.82, 2.24) is 5.32 Å². The minimum absolute atomic E-state index is 0.159. The van der Waals surface area contributed by atoms with Crippen molar-refractivity contribution in [3.8, 4) is 0 Å². The first-order valence-corrected chi connectivity index (χ1v) is 10.2. The number of allylic oxidation sites excluding steroid dienone is 1. The molecular weight excluding hydrogens is 298 g/mol. The second kappa shape index (κ2) is 5.09. The maximum absolute atomic E-state index is 12.0. The minimum atomic E-state index is 0.159. The largest absolute Gasteiger partial charge is 0.371 e. The number of fused-ring (bicyclic) bond motifs is 5. The zero-order valence-electron chi connectivity index (χ0n) is 15.1. The molecule has 0 aromatic rings. The van der Waals surface area contributed by atoms with Crippen LogP contribution in [0.4, 0.5) is 0 Å². The quantitative estimate of drug-likeness (QED) is 0.825. The first kappa shape index (κ1) is 15.4. The van der Waals surface area contributed by atoms with Crippen LogP contribution in [-0.4, -0.2) is 18.1 Å². The number of carbonyl (C=O) groups excluding carboxylic acids is 1. The summed E-state index contributed by atoms with van der Waals surface area (Å²) >= 11 is 0. The molecule has 0 aromatic heterocycles. The Balaban J connectivity index is 1.56. The van der Waals surface area contributed by atoms with E-state index in [1.807, 2.05) is 0 Å². The van der Waals surface area contributed by atoms with Gasteiger partial charge < -0.3 is 10.1 Å². The summed E-state index contributed by atoms with van der Waals surface area (Å²) in [6.07, 6.45) is 14.1. The average molecular weight is 329 g/mol. The molecule has 0 bridgehead atoms. The van der Waals surface area contributed by atoms with Crippen molar-refractivity contribution < 1.29 is 9.53 Å². The molecule has 3 saturated carbocycles. The zero-order chi connectivity index (χ0) is 16.5. The first-order valence-electron chi connectivity index (χ1n) is 10.2. The summed E-state index contributed by atoms with van der Waals surface area (Å²) in [4.78, 5) is 12.0. The number of nitrogens with one attached hydrogen (secondary N) is 1. The molecule has 4 aliphatic carbocycles. The normalized spacial score (nSPS) is 50.4. The van der Waals surface area contributed by atoms with E-state index in [-0.39, 0.29) is 17.4 Å². The Morgan fingerprint density at radius 3 is 2.71 bits per heavy atom. The maximum atomic E-state index is 12.0. The zero-order valence-corrected chi connectivity index (χ0v) is 15.1. The third kappa shape index (κ3) is 2.16. The van der Waals surface area contributed by atoms with Crippen molar-refractivity contribution >= 4 is 5.91 Å². The number of carbonyl (C=O) groups is 1. The smallest absolute Gasteiger partial charge is 0.224 e. The van der Waals surface area contributed by atoms with Gasteiger partial charge in [-0.2, -0.15) is 0 Å². The molecule has 132 valence electrons. The Hall–Kier alpha value is -0.830. The lowest BCUT2D eigenvalue weighted by Crippen LogP contribution is -2.56. The molecule has 3 heteroatoms. The van der Waals surface area contributed by atoms with Gasteiger partial charge in [0.1, 0.15) is 0 Å². The van der Waals surface area contributed by atoms with E-state index >= 15 is 0 Å². The molecule has 1 heterocycles. The fourth-order valence-corrected chi connectivity index (χ4v) is 6.70. The van der Waals surface area contributed by atoms with Gasteiger partial charge in [0.2, 0.25) is 5.91 Å². The Morgan fingerprint density at radius 2 is 1.92 bits per heavy atom. The molecule has 0 aromatic carbocycles. The lowest BCUT2D eigenvalue weighted by molar-refractivity contribution is -0.129. The molecule has 1 amide bonds. The van der Waals surface area contributed by atoms with Crippen LogP contribution in [0, 0.1) is 28.6 Å². The van der Waals surface area contributed by atoms with E-state index in [1.165, 1.54) is 50.6 Å². The van der Waals surface area contributed by atoms with Crippen molar-refractivity contribution in [1.29, 1.82) is 0 Å². The van der Waals surface area contributed by atoms with Crippen LogP contribution in [0.1, 0.15) is 71.6 Å². The van der Waals surface area contributed by atoms with Crippen LogP contribution in [0.25, 0.3) is 0 Å². The third-order valence-corrected chi connectivity index (χ3v) is 8.28. The second-order valence-corrected chi connectivity index (χ2v) is 9.72. The van der Waals surface area contributed by atoms with Gasteiger partial charge in [-0.3, -0.25) is 4.79 Å². The van der Waals surface area contributed by atoms with Gasteiger partial charge in [0.15, 0.2) is 0 Å². The molecule has 0 spiro atoms. The maximum Gasteiger partial charge on any atom is 0.224 e. The second-order valence-electron chi connectivity index (χ2n) is 9.72. The van der Waals surface area contributed by atoms with Gasteiger partial charge in [-0.05, 0) is 74.2 Å². The van der Waals surface area contributed by atoms with Gasteiger partial charge in [-0.15, -0.1) is 0 Å². The summed E-state index contributed by atoms with van der Waals surface area (Å²) < 4.78 is 6.53. The molecule has 3 nitrogen and oxygen atoms in total. The van der Waals surface area contributed by atoms with Crippen LogP contribution in [0.15, 0.2) is 11.8 Å². The van der Waals surface area contributed by atoms with E-state index in [9.17, 15) is 4.79 Å². The van der Waals surface area contributed by atoms with Crippen LogP contribution >= 0.6 is 0 Å². The molecule has 5 aliphatic rings. The summed E-state index contributed by atoms with van der Waals surface area (Å²) in [6, 6.07) is 0. The van der Waals surface area contributed by atoms with E-state index in [0.717, 1.165) is 12.3 Å². The van der Waals surface area contributed by atoms with Crippen LogP contribution in [0.2, 0.25) is 0 Å². The molecule has 24 heavy (non-hydrogen) atoms. The van der Waals surface area contributed by atoms with Crippen molar-refractivity contribution in [3.63, 3.8) is 0 Å². The monoisotopic (exact) mass is 329 g/mol. The Labute approximate surface area is 145 Å². The van der Waals surface area contributed by atoms with E-state index in [1.54, 1.807) is 0 Å². The van der Waals surface area contributed by atoms with Crippen LogP contribution in [0.3, 0.4) is 0 Å². The van der Waals surface area contributed by atoms with Gasteiger partial charge in [0.05, 0.1) is 12.2 Å². The molecule has 1 aliphatic heterocycles. The number of piperidine rings is 1. The third-order valence-electron chi connectivity index (χ3n) is 8.28. The standard InChI is InChI=1S/C21H31NO2/c1-20-9-3-4-14(20)19-15(7-10-20)21(2)11-8-18(23)22-17(21)12-16(19)24-13-5-6-13/h12-16,19H,3-11H2,1-2H3,(H,22,23)/t14-,15-,16-,19-,20-,21+/m0/s1. The highest BCUT2D eigenvalue weighted by Crippen LogP contribution is 2.64. The molecular formula is C21H31NO2. The molecule has 5 rings (SSSR count). The van der Waals surface area contributed by atoms with Crippen molar-refractivity contribution in [2.75, 3.05) is 0 Å². The molecule has 4 fully saturated rings. The average Bonchev–Trinajstić information content (AvgIpc) is 3.27. The molecule has 1 N–H and O–H groups in total. The summed E-state index contributed by atoms with van der Waals surface area (Å²) in [6.45, 7) is 4.96. The Kier molecular flexibility index (Phi) is 3.27. The lowest BCUT2D eigenvalue weighted by Gasteiger charge is -2.58. The van der Waals surface area contributed by atoms with Gasteiger partial charge in [0, 0.05) is 17.5 Å². The van der Waals surface area contributed by atoms with Crippen LogP contribution < -0.4 is 5.32 Å². The fourth-order valence-electron chi connectivity index (χ4n) is 6.70. The molecule has 1 saturated heterocycles. The van der Waals surface area contributed by atoms with E-state index < -0.39 is 0 Å². The number of rotatable bonds is 2. The molecule has 0 radical (unpaired) electrons. The minimum Gasteiger partial charge on any atom is -0.371 e. The topological polar surface area (TPSA) is 38.3 Å². The molecule has 6 atom stereocenters. The highest BCUT2D eigenvalue weighted by molar-refractivity contribution is 5.79. The number of hydrogen-bond donors (Lipinski definition) is 1. The highest BCUT2D eigenvalue weighted by Gasteiger charge is 2.59. The SMILES string of the molecule is C[C@@]12CCC[C@H]1[C@@H]1[C@@H](OC3CC3)C=C3NC(=O)CC[C@]3(C)[C@H]1CC2. The fraction of sp³-hybridized carbons (Fsp3) is 0.857. The Bertz CT molecular complexity index is 595. The van der Waals surface area contributed by atoms with Crippen molar-refractivity contribution in [2.24, 2.45) is 28.6 Å². The highest BCUT2D eigenvalue weighted by atomic mass is 16.5. The predicted octanol–water partition coefficient (Wildman–Crippen LogP) is 4.18. The molecule has 0 unspecified atom stereocenters. The summed E-state index contributed by atoms with van der Waals surface area (Å²) in [5.41, 5.74) is 1.88. The van der Waals surface area contributed by atoms with Gasteiger partial charge in [-0.25, -0.2) is 0 Å². The first-order chi connectivity index (χ1) is 11.5. The lowest BCUT2D eigenvalue weighted by atomic mass is 9.49. The number of hydrogen-bond acceptors (Lipinski definition) is 2. The van der Waals surface area contributed by atoms with Crippen LogP contribution in [0.5, 0.6) is 0 Å². The summed E-state index contributed by atoms with van der Waals surface area (Å²) in [7, 11) is 0. The van der Waals surface area contributed by atoms with E-state index in [0.29, 0.717) is 29.8 Å². The van der Waals surface area contributed by atoms with E-state index in [2.05, 4.69) is 25.2 Å². The van der Waals surface area contributed by atoms with E-state index in [4.69, 9.17) is 4.74 Å². The number of ether oxygens (including phenoxy) is 1. The summed E-state index contributed by atoms with van der Waals surface area (Å²) in [5, 5.41) is 3.23. The summed E-state index contributed by atoms with van der Waals surface area (Å²) in [5.74, 6) is 2.35. The predicted molar refractivity (Wildman–Crippen MR) is 93.1 cm³/mol. The van der Waals surface area contributed by atoms with Gasteiger partial charge in [0.25, 0.3) is 0 Å².